The fourth-order valence-electron chi connectivity index (χ4n) is 4.27. The highest BCUT2D eigenvalue weighted by Crippen LogP contribution is 2.34. The van der Waals surface area contributed by atoms with Gasteiger partial charge in [0.05, 0.1) is 17.6 Å². The smallest absolute Gasteiger partial charge is 0.333 e. The van der Waals surface area contributed by atoms with Crippen molar-refractivity contribution in [3.05, 3.63) is 35.4 Å². The monoisotopic (exact) mass is 420 g/mol. The Kier molecular flexibility index (Phi) is 4.82. The second kappa shape index (κ2) is 7.10. The van der Waals surface area contributed by atoms with Gasteiger partial charge in [-0.25, -0.2) is 9.50 Å². The minimum Gasteiger partial charge on any atom is -0.333 e. The summed E-state index contributed by atoms with van der Waals surface area (Å²) in [5.74, 6) is -0.342. The van der Waals surface area contributed by atoms with Gasteiger partial charge in [0.25, 0.3) is 5.91 Å². The van der Waals surface area contributed by atoms with E-state index in [9.17, 15) is 18.0 Å². The molecule has 2 atom stereocenters. The van der Waals surface area contributed by atoms with Crippen LogP contribution in [0.2, 0.25) is 0 Å². The van der Waals surface area contributed by atoms with E-state index in [4.69, 9.17) is 0 Å². The van der Waals surface area contributed by atoms with Crippen molar-refractivity contribution in [2.75, 3.05) is 0 Å². The van der Waals surface area contributed by atoms with E-state index in [-0.39, 0.29) is 34.9 Å². The highest BCUT2D eigenvalue weighted by molar-refractivity contribution is 6.00. The van der Waals surface area contributed by atoms with Crippen LogP contribution >= 0.6 is 0 Å². The van der Waals surface area contributed by atoms with Crippen molar-refractivity contribution in [2.45, 2.75) is 58.3 Å². The second-order valence-electron chi connectivity index (χ2n) is 7.96. The maximum absolute atomic E-state index is 13.8. The summed E-state index contributed by atoms with van der Waals surface area (Å²) < 4.78 is 43.6. The van der Waals surface area contributed by atoms with Crippen molar-refractivity contribution in [2.24, 2.45) is 7.05 Å². The second-order valence-corrected chi connectivity index (χ2v) is 7.96. The van der Waals surface area contributed by atoms with E-state index in [2.05, 4.69) is 15.2 Å². The number of rotatable bonds is 2. The topological polar surface area (TPSA) is 68.3 Å². The van der Waals surface area contributed by atoms with Gasteiger partial charge in [-0.05, 0) is 46.1 Å². The molecule has 0 N–H and O–H groups in total. The normalized spacial score (nSPS) is 20.2. The minimum absolute atomic E-state index is 0.00189. The number of likely N-dealkylation sites (tertiary alicyclic amines) is 1. The number of nitrogens with zero attached hydrogens (tertiary/aromatic N) is 6. The Hall–Kier alpha value is -2.91. The third-order valence-corrected chi connectivity index (χ3v) is 5.71. The molecule has 4 rings (SSSR count). The Balaban J connectivity index is 1.91. The summed E-state index contributed by atoms with van der Waals surface area (Å²) in [6.07, 6.45) is 0.869. The summed E-state index contributed by atoms with van der Waals surface area (Å²) in [6.45, 7) is 5.62. The average molecular weight is 420 g/mol. The lowest BCUT2D eigenvalue weighted by atomic mass is 9.97. The number of carbonyl (C=O) groups excluding carboxylic acids is 1. The minimum atomic E-state index is -4.66. The van der Waals surface area contributed by atoms with Crippen LogP contribution in [0.25, 0.3) is 16.9 Å². The van der Waals surface area contributed by atoms with Gasteiger partial charge in [0.15, 0.2) is 11.3 Å². The summed E-state index contributed by atoms with van der Waals surface area (Å²) in [6, 6.07) is 0.953. The molecule has 1 aliphatic heterocycles. The van der Waals surface area contributed by atoms with Gasteiger partial charge in [0.2, 0.25) is 0 Å². The van der Waals surface area contributed by atoms with Crippen molar-refractivity contribution in [3.8, 4) is 11.3 Å². The van der Waals surface area contributed by atoms with Gasteiger partial charge in [-0.1, -0.05) is 0 Å². The van der Waals surface area contributed by atoms with Gasteiger partial charge < -0.3 is 4.90 Å². The number of fused-ring (bicyclic) bond motifs is 1. The molecule has 160 valence electrons. The molecule has 7 nitrogen and oxygen atoms in total. The molecule has 1 saturated heterocycles. The van der Waals surface area contributed by atoms with Gasteiger partial charge in [-0.3, -0.25) is 9.48 Å². The molecule has 1 amide bonds. The summed E-state index contributed by atoms with van der Waals surface area (Å²) >= 11 is 0. The summed E-state index contributed by atoms with van der Waals surface area (Å²) in [4.78, 5) is 19.5. The third-order valence-electron chi connectivity index (χ3n) is 5.71. The quantitative estimate of drug-likeness (QED) is 0.631. The molecule has 3 aromatic rings. The predicted octanol–water partition coefficient (Wildman–Crippen LogP) is 3.86. The molecule has 1 fully saturated rings. The lowest BCUT2D eigenvalue weighted by Gasteiger charge is -2.38. The molecule has 0 unspecified atom stereocenters. The first kappa shape index (κ1) is 20.4. The van der Waals surface area contributed by atoms with Crippen LogP contribution in [0.15, 0.2) is 18.5 Å². The Labute approximate surface area is 171 Å². The number of piperidine rings is 1. The van der Waals surface area contributed by atoms with E-state index in [1.165, 1.54) is 10.9 Å². The fraction of sp³-hybridized carbons (Fsp3) is 0.500. The number of aryl methyl sites for hydroxylation is 2. The molecule has 3 aromatic heterocycles. The molecule has 0 saturated carbocycles. The van der Waals surface area contributed by atoms with E-state index in [1.807, 2.05) is 13.8 Å². The highest BCUT2D eigenvalue weighted by atomic mass is 19.4. The standard InChI is InChI=1S/C20H23F3N6O/c1-11-6-5-7-12(2)28(11)19(30)14-9-24-29-17(20(21,22)23)8-16(25-18(14)29)15-10-27(4)26-13(15)3/h8-12H,5-7H2,1-4H3/t11-,12-/m0/s1. The third kappa shape index (κ3) is 3.33. The van der Waals surface area contributed by atoms with Crippen LogP contribution in [0.3, 0.4) is 0 Å². The zero-order chi connectivity index (χ0) is 21.8. The molecule has 0 aliphatic carbocycles. The van der Waals surface area contributed by atoms with Gasteiger partial charge in [-0.15, -0.1) is 0 Å². The molecule has 0 radical (unpaired) electrons. The lowest BCUT2D eigenvalue weighted by Crippen LogP contribution is -2.47. The molecule has 0 aromatic carbocycles. The van der Waals surface area contributed by atoms with Gasteiger partial charge in [-0.2, -0.15) is 23.4 Å². The van der Waals surface area contributed by atoms with Gasteiger partial charge in [0.1, 0.15) is 5.56 Å². The zero-order valence-electron chi connectivity index (χ0n) is 17.2. The first-order valence-corrected chi connectivity index (χ1v) is 9.87. The SMILES string of the molecule is Cc1nn(C)cc1-c1cc(C(F)(F)F)n2ncc(C(=O)N3[C@@H](C)CCC[C@@H]3C)c2n1. The molecule has 10 heteroatoms. The largest absolute Gasteiger partial charge is 0.433 e. The molecule has 30 heavy (non-hydrogen) atoms. The highest BCUT2D eigenvalue weighted by Gasteiger charge is 2.37. The van der Waals surface area contributed by atoms with Crippen molar-refractivity contribution < 1.29 is 18.0 Å². The first-order chi connectivity index (χ1) is 14.1. The maximum Gasteiger partial charge on any atom is 0.433 e. The molecular weight excluding hydrogens is 397 g/mol. The Morgan fingerprint density at radius 2 is 1.87 bits per heavy atom. The van der Waals surface area contributed by atoms with Crippen LogP contribution < -0.4 is 0 Å². The van der Waals surface area contributed by atoms with Crippen molar-refractivity contribution in [3.63, 3.8) is 0 Å². The van der Waals surface area contributed by atoms with Crippen molar-refractivity contribution in [1.29, 1.82) is 0 Å². The Morgan fingerprint density at radius 3 is 2.43 bits per heavy atom. The van der Waals surface area contributed by atoms with Crippen molar-refractivity contribution in [1.82, 2.24) is 29.3 Å². The first-order valence-electron chi connectivity index (χ1n) is 9.87. The number of alkyl halides is 3. The number of carbonyl (C=O) groups is 1. The number of hydrogen-bond donors (Lipinski definition) is 0. The molecule has 4 heterocycles. The Morgan fingerprint density at radius 1 is 1.20 bits per heavy atom. The fourth-order valence-corrected chi connectivity index (χ4v) is 4.27. The number of halogens is 3. The van der Waals surface area contributed by atoms with E-state index in [1.54, 1.807) is 25.1 Å². The van der Waals surface area contributed by atoms with E-state index < -0.39 is 11.9 Å². The zero-order valence-corrected chi connectivity index (χ0v) is 17.2. The molecule has 0 bridgehead atoms. The van der Waals surface area contributed by atoms with Gasteiger partial charge in [0, 0.05) is 30.9 Å². The summed E-state index contributed by atoms with van der Waals surface area (Å²) in [7, 11) is 1.69. The summed E-state index contributed by atoms with van der Waals surface area (Å²) in [5, 5.41) is 8.07. The molecule has 0 spiro atoms. The van der Waals surface area contributed by atoms with Crippen LogP contribution in [0.1, 0.15) is 54.9 Å². The number of aromatic nitrogens is 5. The number of hydrogen-bond acceptors (Lipinski definition) is 4. The molecular formula is C20H23F3N6O. The number of amides is 1. The average Bonchev–Trinajstić information content (AvgIpc) is 3.22. The van der Waals surface area contributed by atoms with Crippen LogP contribution in [0.5, 0.6) is 0 Å². The summed E-state index contributed by atoms with van der Waals surface area (Å²) in [5.41, 5.74) is 0.125. The van der Waals surface area contributed by atoms with Crippen LogP contribution in [0.4, 0.5) is 13.2 Å². The lowest BCUT2D eigenvalue weighted by molar-refractivity contribution is -0.142. The predicted molar refractivity (Wildman–Crippen MR) is 104 cm³/mol. The van der Waals surface area contributed by atoms with Crippen molar-refractivity contribution >= 4 is 11.6 Å². The van der Waals surface area contributed by atoms with E-state index in [0.717, 1.165) is 25.3 Å². The van der Waals surface area contributed by atoms with Gasteiger partial charge >= 0.3 is 6.18 Å². The van der Waals surface area contributed by atoms with E-state index in [0.29, 0.717) is 15.8 Å². The van der Waals surface area contributed by atoms with Crippen LogP contribution in [-0.4, -0.2) is 47.3 Å². The van der Waals surface area contributed by atoms with Crippen LogP contribution in [-0.2, 0) is 13.2 Å². The Bertz CT molecular complexity index is 1110. The maximum atomic E-state index is 13.8. The van der Waals surface area contributed by atoms with Crippen LogP contribution in [0, 0.1) is 6.92 Å². The molecule has 1 aliphatic rings. The van der Waals surface area contributed by atoms with E-state index >= 15 is 0 Å².